The van der Waals surface area contributed by atoms with Crippen LogP contribution in [0.25, 0.3) is 10.8 Å². The summed E-state index contributed by atoms with van der Waals surface area (Å²) in [5.74, 6) is 1.34. The maximum Gasteiger partial charge on any atom is 0.164 e. The predicted octanol–water partition coefficient (Wildman–Crippen LogP) is 5.16. The molecule has 0 saturated heterocycles. The highest BCUT2D eigenvalue weighted by Crippen LogP contribution is 2.53. The van der Waals surface area contributed by atoms with E-state index in [0.29, 0.717) is 11.3 Å². The number of nitrogens with zero attached hydrogens (tertiary/aromatic N) is 1. The predicted molar refractivity (Wildman–Crippen MR) is 106 cm³/mol. The summed E-state index contributed by atoms with van der Waals surface area (Å²) in [6.07, 6.45) is 0.878. The number of ether oxygens (including phenoxy) is 1. The topological polar surface area (TPSA) is 38.8 Å². The minimum atomic E-state index is -0.257. The molecule has 0 bridgehead atoms. The molecule has 27 heavy (non-hydrogen) atoms. The van der Waals surface area contributed by atoms with Gasteiger partial charge in [0.1, 0.15) is 11.8 Å². The number of methoxy groups -OCH3 is 1. The van der Waals surface area contributed by atoms with Crippen LogP contribution in [0.5, 0.6) is 11.5 Å². The van der Waals surface area contributed by atoms with Gasteiger partial charge in [-0.05, 0) is 31.7 Å². The molecule has 4 nitrogen and oxygen atoms in total. The third-order valence-electron chi connectivity index (χ3n) is 4.99. The van der Waals surface area contributed by atoms with Crippen molar-refractivity contribution in [3.05, 3.63) is 71.3 Å². The molecule has 3 aromatic rings. The fourth-order valence-corrected chi connectivity index (χ4v) is 3.85. The van der Waals surface area contributed by atoms with E-state index in [1.165, 1.54) is 0 Å². The Balaban J connectivity index is 2.10. The van der Waals surface area contributed by atoms with Crippen LogP contribution in [0.1, 0.15) is 48.3 Å². The number of rotatable bonds is 3. The molecule has 0 saturated carbocycles. The van der Waals surface area contributed by atoms with Gasteiger partial charge < -0.3 is 9.57 Å². The smallest absolute Gasteiger partial charge is 0.164 e. The van der Waals surface area contributed by atoms with Gasteiger partial charge in [0.15, 0.2) is 12.0 Å². The Kier molecular flexibility index (Phi) is 4.16. The van der Waals surface area contributed by atoms with Crippen LogP contribution < -0.4 is 9.57 Å². The molecule has 4 heteroatoms. The summed E-state index contributed by atoms with van der Waals surface area (Å²) >= 11 is 0. The Morgan fingerprint density at radius 2 is 1.63 bits per heavy atom. The van der Waals surface area contributed by atoms with Crippen LogP contribution in [0.3, 0.4) is 0 Å². The molecular formula is C23H23NO3. The fraction of sp³-hybridized carbons (Fsp3) is 0.261. The van der Waals surface area contributed by atoms with Crippen LogP contribution in [0.15, 0.2) is 54.6 Å². The average Bonchev–Trinajstić information content (AvgIpc) is 3.08. The maximum atomic E-state index is 12.0. The average molecular weight is 361 g/mol. The molecule has 1 heterocycles. The highest BCUT2D eigenvalue weighted by atomic mass is 16.7. The summed E-state index contributed by atoms with van der Waals surface area (Å²) in [5, 5.41) is 3.75. The van der Waals surface area contributed by atoms with Gasteiger partial charge in [0.05, 0.1) is 18.2 Å². The Morgan fingerprint density at radius 3 is 2.22 bits per heavy atom. The van der Waals surface area contributed by atoms with E-state index in [4.69, 9.17) is 9.57 Å². The second-order valence-corrected chi connectivity index (χ2v) is 7.75. The number of aldehydes is 1. The lowest BCUT2D eigenvalue weighted by atomic mass is 9.90. The second kappa shape index (κ2) is 6.39. The number of hydroxylamine groups is 2. The Hall–Kier alpha value is -2.85. The summed E-state index contributed by atoms with van der Waals surface area (Å²) in [6.45, 7) is 6.35. The zero-order valence-corrected chi connectivity index (χ0v) is 16.0. The summed E-state index contributed by atoms with van der Waals surface area (Å²) < 4.78 is 5.76. The molecule has 0 N–H and O–H groups in total. The van der Waals surface area contributed by atoms with E-state index in [1.807, 2.05) is 47.5 Å². The molecule has 3 aromatic carbocycles. The van der Waals surface area contributed by atoms with E-state index in [2.05, 4.69) is 32.9 Å². The van der Waals surface area contributed by atoms with Crippen LogP contribution >= 0.6 is 0 Å². The summed E-state index contributed by atoms with van der Waals surface area (Å²) in [4.78, 5) is 18.4. The van der Waals surface area contributed by atoms with Crippen molar-refractivity contribution in [2.24, 2.45) is 0 Å². The number of hydrogen-bond donors (Lipinski definition) is 0. The second-order valence-electron chi connectivity index (χ2n) is 7.75. The van der Waals surface area contributed by atoms with Crippen LogP contribution in [0.2, 0.25) is 0 Å². The third-order valence-corrected chi connectivity index (χ3v) is 4.99. The quantitative estimate of drug-likeness (QED) is 0.604. The van der Waals surface area contributed by atoms with E-state index >= 15 is 0 Å². The van der Waals surface area contributed by atoms with E-state index in [0.717, 1.165) is 33.9 Å². The lowest BCUT2D eigenvalue weighted by molar-refractivity contribution is -0.128. The zero-order valence-electron chi connectivity index (χ0n) is 16.0. The van der Waals surface area contributed by atoms with Crippen molar-refractivity contribution in [1.82, 2.24) is 5.06 Å². The normalized spacial score (nSPS) is 16.8. The van der Waals surface area contributed by atoms with E-state index in [1.54, 1.807) is 7.11 Å². The number of carbonyl (C=O) groups excluding carboxylic acids is 1. The minimum absolute atomic E-state index is 0.167. The van der Waals surface area contributed by atoms with Gasteiger partial charge in [-0.2, -0.15) is 0 Å². The number of benzene rings is 3. The first-order valence-corrected chi connectivity index (χ1v) is 9.07. The summed E-state index contributed by atoms with van der Waals surface area (Å²) in [7, 11) is 1.61. The third kappa shape index (κ3) is 2.68. The van der Waals surface area contributed by atoms with Crippen molar-refractivity contribution in [3.63, 3.8) is 0 Å². The van der Waals surface area contributed by atoms with Crippen LogP contribution in [0.4, 0.5) is 0 Å². The highest BCUT2D eigenvalue weighted by molar-refractivity contribution is 6.05. The SMILES string of the molecule is COc1c2c(c3ccccc3c1C=O)ON(C(C)(C)C)C2c1ccccc1. The molecule has 0 amide bonds. The molecule has 1 unspecified atom stereocenters. The van der Waals surface area contributed by atoms with Crippen molar-refractivity contribution in [3.8, 4) is 11.5 Å². The summed E-state index contributed by atoms with van der Waals surface area (Å²) in [5.41, 5.74) is 2.30. The minimum Gasteiger partial charge on any atom is -0.495 e. The molecule has 4 rings (SSSR count). The van der Waals surface area contributed by atoms with Crippen molar-refractivity contribution in [2.45, 2.75) is 32.4 Å². The van der Waals surface area contributed by atoms with Crippen molar-refractivity contribution in [1.29, 1.82) is 0 Å². The van der Waals surface area contributed by atoms with Crippen LogP contribution in [0, 0.1) is 0 Å². The molecule has 1 aliphatic heterocycles. The van der Waals surface area contributed by atoms with Crippen molar-refractivity contribution in [2.75, 3.05) is 7.11 Å². The molecule has 0 radical (unpaired) electrons. The van der Waals surface area contributed by atoms with Gasteiger partial charge in [0.25, 0.3) is 0 Å². The zero-order chi connectivity index (χ0) is 19.2. The van der Waals surface area contributed by atoms with Crippen LogP contribution in [-0.2, 0) is 0 Å². The molecule has 0 spiro atoms. The number of carbonyl (C=O) groups is 1. The van der Waals surface area contributed by atoms with Gasteiger partial charge in [0, 0.05) is 10.9 Å². The first-order chi connectivity index (χ1) is 13.0. The molecule has 0 aromatic heterocycles. The molecule has 0 aliphatic carbocycles. The van der Waals surface area contributed by atoms with E-state index in [9.17, 15) is 4.79 Å². The van der Waals surface area contributed by atoms with Gasteiger partial charge in [-0.25, -0.2) is 0 Å². The van der Waals surface area contributed by atoms with E-state index in [-0.39, 0.29) is 11.6 Å². The first-order valence-electron chi connectivity index (χ1n) is 9.07. The molecule has 0 fully saturated rings. The van der Waals surface area contributed by atoms with Gasteiger partial charge in [-0.1, -0.05) is 54.6 Å². The van der Waals surface area contributed by atoms with Gasteiger partial charge >= 0.3 is 0 Å². The van der Waals surface area contributed by atoms with Gasteiger partial charge in [-0.15, -0.1) is 5.06 Å². The summed E-state index contributed by atoms with van der Waals surface area (Å²) in [6, 6.07) is 17.8. The lowest BCUT2D eigenvalue weighted by Crippen LogP contribution is -2.43. The largest absolute Gasteiger partial charge is 0.495 e. The van der Waals surface area contributed by atoms with Crippen molar-refractivity contribution >= 4 is 17.1 Å². The van der Waals surface area contributed by atoms with Crippen LogP contribution in [-0.4, -0.2) is 24.0 Å². The monoisotopic (exact) mass is 361 g/mol. The van der Waals surface area contributed by atoms with E-state index < -0.39 is 0 Å². The maximum absolute atomic E-state index is 12.0. The first kappa shape index (κ1) is 17.6. The molecular weight excluding hydrogens is 338 g/mol. The molecule has 1 atom stereocenters. The van der Waals surface area contributed by atoms with Crippen molar-refractivity contribution < 1.29 is 14.4 Å². The number of hydrogen-bond acceptors (Lipinski definition) is 4. The standard InChI is InChI=1S/C23H23NO3/c1-23(2,3)24-20(15-10-6-5-7-11-15)19-21(26-4)18(14-25)16-12-8-9-13-17(16)22(19)27-24/h5-14,20H,1-4H3. The Bertz CT molecular complexity index is 1010. The Labute approximate surface area is 159 Å². The van der Waals surface area contributed by atoms with Gasteiger partial charge in [-0.3, -0.25) is 4.79 Å². The molecule has 138 valence electrons. The van der Waals surface area contributed by atoms with Gasteiger partial charge in [0.2, 0.25) is 0 Å². The number of fused-ring (bicyclic) bond motifs is 3. The fourth-order valence-electron chi connectivity index (χ4n) is 3.85. The molecule has 1 aliphatic rings. The Morgan fingerprint density at radius 1 is 1.00 bits per heavy atom. The highest BCUT2D eigenvalue weighted by Gasteiger charge is 2.44. The lowest BCUT2D eigenvalue weighted by Gasteiger charge is -2.34.